The maximum absolute atomic E-state index is 12.7. The lowest BCUT2D eigenvalue weighted by Gasteiger charge is -2.53. The van der Waals surface area contributed by atoms with Crippen molar-refractivity contribution in [2.45, 2.75) is 76.2 Å². The molecule has 33 heavy (non-hydrogen) atoms. The minimum Gasteiger partial charge on any atom is -0.493 e. The topological polar surface area (TPSA) is 101 Å². The minimum atomic E-state index is -0.540. The van der Waals surface area contributed by atoms with Crippen LogP contribution in [0.25, 0.3) is 11.0 Å². The van der Waals surface area contributed by atoms with E-state index in [9.17, 15) is 9.59 Å². The summed E-state index contributed by atoms with van der Waals surface area (Å²) in [6.45, 7) is 6.50. The maximum atomic E-state index is 12.7. The first-order valence-corrected chi connectivity index (χ1v) is 11.3. The van der Waals surface area contributed by atoms with Crippen molar-refractivity contribution in [2.24, 2.45) is 0 Å². The Hall–Kier alpha value is -2.81. The molecule has 0 radical (unpaired) electrons. The summed E-state index contributed by atoms with van der Waals surface area (Å²) >= 11 is 0. The number of ether oxygens (including phenoxy) is 4. The van der Waals surface area contributed by atoms with Crippen molar-refractivity contribution >= 4 is 17.1 Å². The Labute approximate surface area is 193 Å². The Bertz CT molecular complexity index is 1080. The number of carbonyl (C=O) groups excluding carboxylic acids is 1. The van der Waals surface area contributed by atoms with Gasteiger partial charge in [0.25, 0.3) is 5.56 Å². The fraction of sp³-hybridized carbons (Fsp3) is 0.625. The van der Waals surface area contributed by atoms with E-state index in [0.29, 0.717) is 42.1 Å². The van der Waals surface area contributed by atoms with Crippen molar-refractivity contribution in [3.63, 3.8) is 0 Å². The van der Waals surface area contributed by atoms with Crippen molar-refractivity contribution in [3.05, 3.63) is 28.7 Å². The molecule has 2 bridgehead atoms. The number of aryl methyl sites for hydroxylation is 1. The van der Waals surface area contributed by atoms with Crippen LogP contribution in [0.15, 0.2) is 23.1 Å². The Morgan fingerprint density at radius 2 is 1.82 bits per heavy atom. The summed E-state index contributed by atoms with van der Waals surface area (Å²) in [4.78, 5) is 29.3. The van der Waals surface area contributed by atoms with E-state index in [1.54, 1.807) is 30.9 Å². The smallest absolute Gasteiger partial charge is 0.408 e. The number of amides is 1. The number of nitrogens with one attached hydrogen (secondary N) is 1. The van der Waals surface area contributed by atoms with Crippen LogP contribution in [0.5, 0.6) is 11.5 Å². The van der Waals surface area contributed by atoms with Crippen LogP contribution >= 0.6 is 0 Å². The number of fused-ring (bicyclic) bond motifs is 4. The molecule has 1 aromatic carbocycles. The van der Waals surface area contributed by atoms with Crippen LogP contribution in [0.1, 0.15) is 52.9 Å². The van der Waals surface area contributed by atoms with Crippen LogP contribution in [0, 0.1) is 0 Å². The van der Waals surface area contributed by atoms with Gasteiger partial charge in [0.05, 0.1) is 49.2 Å². The Morgan fingerprint density at radius 3 is 2.39 bits per heavy atom. The molecule has 9 heteroatoms. The quantitative estimate of drug-likeness (QED) is 0.706. The van der Waals surface area contributed by atoms with Crippen LogP contribution in [0.4, 0.5) is 4.79 Å². The molecule has 2 aliphatic heterocycles. The Kier molecular flexibility index (Phi) is 6.03. The summed E-state index contributed by atoms with van der Waals surface area (Å²) in [5.41, 5.74) is -0.0274. The molecule has 1 aromatic heterocycles. The van der Waals surface area contributed by atoms with E-state index >= 15 is 0 Å². The van der Waals surface area contributed by atoms with Gasteiger partial charge in [-0.25, -0.2) is 9.78 Å². The molecule has 3 aliphatic rings. The number of carbonyl (C=O) groups is 1. The van der Waals surface area contributed by atoms with E-state index in [0.717, 1.165) is 25.7 Å². The fourth-order valence-corrected chi connectivity index (χ4v) is 4.80. The molecule has 5 rings (SSSR count). The van der Waals surface area contributed by atoms with Gasteiger partial charge in [-0.2, -0.15) is 0 Å². The minimum absolute atomic E-state index is 0.168. The number of alkyl carbamates (subject to hydrolysis) is 1. The van der Waals surface area contributed by atoms with E-state index in [1.165, 1.54) is 6.20 Å². The molecule has 2 aromatic rings. The Balaban J connectivity index is 1.47. The molecule has 1 N–H and O–H groups in total. The van der Waals surface area contributed by atoms with Crippen LogP contribution < -0.4 is 20.3 Å². The molecule has 1 amide bonds. The van der Waals surface area contributed by atoms with Gasteiger partial charge in [-0.15, -0.1) is 0 Å². The molecule has 2 saturated heterocycles. The first-order valence-electron chi connectivity index (χ1n) is 11.3. The van der Waals surface area contributed by atoms with Gasteiger partial charge in [0, 0.05) is 18.7 Å². The lowest BCUT2D eigenvalue weighted by atomic mass is 9.70. The van der Waals surface area contributed by atoms with E-state index in [2.05, 4.69) is 10.3 Å². The van der Waals surface area contributed by atoms with Crippen LogP contribution in [0.2, 0.25) is 0 Å². The van der Waals surface area contributed by atoms with Crippen molar-refractivity contribution in [3.8, 4) is 11.5 Å². The van der Waals surface area contributed by atoms with Gasteiger partial charge in [0.15, 0.2) is 11.5 Å². The monoisotopic (exact) mass is 459 g/mol. The van der Waals surface area contributed by atoms with Gasteiger partial charge in [-0.3, -0.25) is 4.79 Å². The Morgan fingerprint density at radius 1 is 1.15 bits per heavy atom. The third-order valence-electron chi connectivity index (χ3n) is 6.68. The molecule has 1 saturated carbocycles. The average molecular weight is 460 g/mol. The molecule has 180 valence electrons. The van der Waals surface area contributed by atoms with Gasteiger partial charge < -0.3 is 28.8 Å². The summed E-state index contributed by atoms with van der Waals surface area (Å²) in [7, 11) is 3.14. The summed E-state index contributed by atoms with van der Waals surface area (Å²) in [5.74, 6) is 1.12. The summed E-state index contributed by atoms with van der Waals surface area (Å²) < 4.78 is 24.2. The van der Waals surface area contributed by atoms with Crippen LogP contribution in [-0.2, 0) is 16.0 Å². The standard InChI is InChI=1S/C24H33N3O6/c1-22(2,3)33-21(29)26-23-6-8-24(9-7-23,32-15-23)10-11-27-17-13-19(31-5)18(30-4)12-16(17)25-14-20(27)28/h12-14H,6-11,15H2,1-5H3,(H,26,29). The van der Waals surface area contributed by atoms with Crippen molar-refractivity contribution < 1.29 is 23.7 Å². The third kappa shape index (κ3) is 4.78. The molecule has 3 heterocycles. The average Bonchev–Trinajstić information content (AvgIpc) is 2.77. The zero-order valence-corrected chi connectivity index (χ0v) is 20.0. The molecule has 0 atom stereocenters. The lowest BCUT2D eigenvalue weighted by molar-refractivity contribution is -0.165. The highest BCUT2D eigenvalue weighted by atomic mass is 16.6. The molecule has 3 fully saturated rings. The zero-order chi connectivity index (χ0) is 23.9. The van der Waals surface area contributed by atoms with Gasteiger partial charge in [0.2, 0.25) is 0 Å². The number of benzene rings is 1. The third-order valence-corrected chi connectivity index (χ3v) is 6.68. The molecule has 9 nitrogen and oxygen atoms in total. The summed E-state index contributed by atoms with van der Waals surface area (Å²) in [6, 6.07) is 3.56. The number of nitrogens with zero attached hydrogens (tertiary/aromatic N) is 2. The van der Waals surface area contributed by atoms with E-state index in [1.807, 2.05) is 20.8 Å². The second kappa shape index (κ2) is 8.52. The second-order valence-corrected chi connectivity index (χ2v) is 10.1. The molecule has 0 unspecified atom stereocenters. The van der Waals surface area contributed by atoms with Crippen LogP contribution in [-0.4, -0.2) is 53.2 Å². The molecular formula is C24H33N3O6. The summed E-state index contributed by atoms with van der Waals surface area (Å²) in [5, 5.41) is 3.05. The largest absolute Gasteiger partial charge is 0.493 e. The SMILES string of the molecule is COc1cc2ncc(=O)n(CCC34CCC(NC(=O)OC(C)(C)C)(CC3)CO4)c2cc1OC. The number of hydrogen-bond donors (Lipinski definition) is 1. The van der Waals surface area contributed by atoms with Gasteiger partial charge >= 0.3 is 6.09 Å². The second-order valence-electron chi connectivity index (χ2n) is 10.1. The zero-order valence-electron chi connectivity index (χ0n) is 20.0. The highest BCUT2D eigenvalue weighted by Crippen LogP contribution is 2.45. The normalized spacial score (nSPS) is 24.5. The highest BCUT2D eigenvalue weighted by Gasteiger charge is 2.50. The molecule has 0 spiro atoms. The lowest BCUT2D eigenvalue weighted by Crippen LogP contribution is -2.63. The summed E-state index contributed by atoms with van der Waals surface area (Å²) in [6.07, 6.45) is 4.91. The highest BCUT2D eigenvalue weighted by molar-refractivity contribution is 5.79. The van der Waals surface area contributed by atoms with E-state index in [4.69, 9.17) is 18.9 Å². The van der Waals surface area contributed by atoms with Crippen molar-refractivity contribution in [2.75, 3.05) is 20.8 Å². The number of hydrogen-bond acceptors (Lipinski definition) is 7. The van der Waals surface area contributed by atoms with E-state index < -0.39 is 11.7 Å². The first kappa shape index (κ1) is 23.4. The van der Waals surface area contributed by atoms with Gasteiger partial charge in [-0.1, -0.05) is 0 Å². The van der Waals surface area contributed by atoms with Gasteiger partial charge in [-0.05, 0) is 52.9 Å². The predicted octanol–water partition coefficient (Wildman–Crippen LogP) is 3.41. The first-order chi connectivity index (χ1) is 15.6. The number of methoxy groups -OCH3 is 2. The number of rotatable bonds is 6. The fourth-order valence-electron chi connectivity index (χ4n) is 4.80. The predicted molar refractivity (Wildman–Crippen MR) is 123 cm³/mol. The van der Waals surface area contributed by atoms with Crippen molar-refractivity contribution in [1.82, 2.24) is 14.9 Å². The van der Waals surface area contributed by atoms with Crippen LogP contribution in [0.3, 0.4) is 0 Å². The number of aromatic nitrogens is 2. The maximum Gasteiger partial charge on any atom is 0.408 e. The van der Waals surface area contributed by atoms with Gasteiger partial charge in [0.1, 0.15) is 5.60 Å². The van der Waals surface area contributed by atoms with E-state index in [-0.39, 0.29) is 16.7 Å². The molecule has 1 aliphatic carbocycles. The van der Waals surface area contributed by atoms with Crippen molar-refractivity contribution in [1.29, 1.82) is 0 Å². The molecular weight excluding hydrogens is 426 g/mol.